The fraction of sp³-hybridized carbons (Fsp3) is 0.500. The van der Waals surface area contributed by atoms with Gasteiger partial charge in [0.25, 0.3) is 0 Å². The first-order valence-electron chi connectivity index (χ1n) is 14.9. The van der Waals surface area contributed by atoms with Crippen LogP contribution < -0.4 is 14.5 Å². The third kappa shape index (κ3) is 8.18. The lowest BCUT2D eigenvalue weighted by molar-refractivity contribution is -0.160. The van der Waals surface area contributed by atoms with Gasteiger partial charge in [0.15, 0.2) is 6.10 Å². The maximum Gasteiger partial charge on any atom is 0.337 e. The van der Waals surface area contributed by atoms with Crippen LogP contribution in [0, 0.1) is 19.3 Å². The standard InChI is InChI=1S/C34H45ClN4O4/c1-22-19-25(35)10-11-27(22)42-18-17-38(8)28-12-9-24(20-37-28)26-21-36-23(2)29(31(32(40)41)43-33(3,4)5)30(26)39-15-13-34(6,7)14-16-39/h9-12,19-21,31H,13-18H2,1-8H3,(H,40,41)/t31-/m0/s1. The quantitative estimate of drug-likeness (QED) is 0.253. The number of piperidine rings is 1. The Morgan fingerprint density at radius 2 is 1.81 bits per heavy atom. The van der Waals surface area contributed by atoms with Crippen molar-refractivity contribution in [2.45, 2.75) is 73.0 Å². The first kappa shape index (κ1) is 32.6. The number of rotatable bonds is 10. The molecule has 0 aliphatic carbocycles. The summed E-state index contributed by atoms with van der Waals surface area (Å²) in [6.45, 7) is 16.8. The number of carboxylic acids is 1. The summed E-state index contributed by atoms with van der Waals surface area (Å²) in [4.78, 5) is 26.4. The fourth-order valence-corrected chi connectivity index (χ4v) is 5.58. The van der Waals surface area contributed by atoms with Crippen molar-refractivity contribution in [1.82, 2.24) is 9.97 Å². The molecule has 4 rings (SSSR count). The average molecular weight is 609 g/mol. The summed E-state index contributed by atoms with van der Waals surface area (Å²) >= 11 is 6.06. The minimum absolute atomic E-state index is 0.233. The Morgan fingerprint density at radius 3 is 2.40 bits per heavy atom. The van der Waals surface area contributed by atoms with Crippen LogP contribution in [0.3, 0.4) is 0 Å². The lowest BCUT2D eigenvalue weighted by atomic mass is 9.82. The van der Waals surface area contributed by atoms with Crippen LogP contribution in [0.15, 0.2) is 42.7 Å². The van der Waals surface area contributed by atoms with Gasteiger partial charge < -0.3 is 24.4 Å². The number of hydrogen-bond donors (Lipinski definition) is 1. The second-order valence-electron chi connectivity index (χ2n) is 13.2. The van der Waals surface area contributed by atoms with Crippen molar-refractivity contribution in [1.29, 1.82) is 0 Å². The van der Waals surface area contributed by atoms with Gasteiger partial charge in [-0.05, 0) is 88.8 Å². The Bertz CT molecular complexity index is 1430. The number of aryl methyl sites for hydroxylation is 2. The molecular formula is C34H45ClN4O4. The summed E-state index contributed by atoms with van der Waals surface area (Å²) in [7, 11) is 1.98. The van der Waals surface area contributed by atoms with Gasteiger partial charge in [0.05, 0.1) is 17.8 Å². The number of aromatic nitrogens is 2. The van der Waals surface area contributed by atoms with Gasteiger partial charge in [0.2, 0.25) is 0 Å². The summed E-state index contributed by atoms with van der Waals surface area (Å²) < 4.78 is 12.1. The molecule has 0 saturated carbocycles. The van der Waals surface area contributed by atoms with Crippen molar-refractivity contribution >= 4 is 29.1 Å². The number of nitrogens with zero attached hydrogens (tertiary/aromatic N) is 4. The Balaban J connectivity index is 1.64. The van der Waals surface area contributed by atoms with E-state index in [2.05, 4.69) is 23.7 Å². The first-order valence-corrected chi connectivity index (χ1v) is 15.2. The van der Waals surface area contributed by atoms with Crippen molar-refractivity contribution in [3.05, 3.63) is 64.6 Å². The molecule has 2 aromatic heterocycles. The molecule has 1 saturated heterocycles. The Morgan fingerprint density at radius 1 is 1.12 bits per heavy atom. The highest BCUT2D eigenvalue weighted by Crippen LogP contribution is 2.43. The molecule has 1 aliphatic heterocycles. The van der Waals surface area contributed by atoms with Crippen molar-refractivity contribution in [2.75, 3.05) is 43.1 Å². The van der Waals surface area contributed by atoms with E-state index in [9.17, 15) is 9.90 Å². The van der Waals surface area contributed by atoms with Gasteiger partial charge in [0, 0.05) is 59.9 Å². The van der Waals surface area contributed by atoms with E-state index in [-0.39, 0.29) is 5.41 Å². The van der Waals surface area contributed by atoms with E-state index in [0.29, 0.717) is 29.4 Å². The third-order valence-corrected chi connectivity index (χ3v) is 8.18. The van der Waals surface area contributed by atoms with Crippen LogP contribution in [0.2, 0.25) is 5.02 Å². The number of pyridine rings is 2. The molecule has 3 heterocycles. The molecule has 1 aliphatic rings. The number of carboxylic acid groups (broad SMARTS) is 1. The predicted molar refractivity (Wildman–Crippen MR) is 174 cm³/mol. The van der Waals surface area contributed by atoms with Crippen LogP contribution in [-0.4, -0.2) is 59.9 Å². The number of benzene rings is 1. The Kier molecular flexibility index (Phi) is 9.92. The molecule has 1 atom stereocenters. The molecule has 0 bridgehead atoms. The van der Waals surface area contributed by atoms with Crippen LogP contribution in [0.4, 0.5) is 11.5 Å². The third-order valence-electron chi connectivity index (χ3n) is 7.95. The summed E-state index contributed by atoms with van der Waals surface area (Å²) in [5.41, 5.74) is 4.43. The van der Waals surface area contributed by atoms with Crippen molar-refractivity contribution in [3.63, 3.8) is 0 Å². The fourth-order valence-electron chi connectivity index (χ4n) is 5.35. The molecule has 232 valence electrons. The normalized spacial score (nSPS) is 15.7. The summed E-state index contributed by atoms with van der Waals surface area (Å²) in [6.07, 6.45) is 4.53. The number of halogens is 1. The number of aliphatic carboxylic acids is 1. The molecule has 9 heteroatoms. The first-order chi connectivity index (χ1) is 20.1. The summed E-state index contributed by atoms with van der Waals surface area (Å²) in [5.74, 6) is 0.593. The molecule has 0 unspecified atom stereocenters. The zero-order valence-electron chi connectivity index (χ0n) is 26.7. The van der Waals surface area contributed by atoms with E-state index in [1.54, 1.807) is 0 Å². The molecule has 3 aromatic rings. The van der Waals surface area contributed by atoms with E-state index in [4.69, 9.17) is 26.1 Å². The molecule has 1 N–H and O–H groups in total. The lowest BCUT2D eigenvalue weighted by Gasteiger charge is -2.41. The largest absolute Gasteiger partial charge is 0.491 e. The molecule has 0 spiro atoms. The van der Waals surface area contributed by atoms with Gasteiger partial charge in [-0.3, -0.25) is 4.98 Å². The number of carbonyl (C=O) groups is 1. The minimum Gasteiger partial charge on any atom is -0.491 e. The zero-order valence-corrected chi connectivity index (χ0v) is 27.5. The van der Waals surface area contributed by atoms with Gasteiger partial charge in [-0.25, -0.2) is 9.78 Å². The van der Waals surface area contributed by atoms with Crippen LogP contribution in [-0.2, 0) is 9.53 Å². The molecule has 1 fully saturated rings. The highest BCUT2D eigenvalue weighted by molar-refractivity contribution is 6.30. The van der Waals surface area contributed by atoms with Crippen molar-refractivity contribution in [3.8, 4) is 16.9 Å². The van der Waals surface area contributed by atoms with Gasteiger partial charge in [-0.15, -0.1) is 0 Å². The lowest BCUT2D eigenvalue weighted by Crippen LogP contribution is -2.39. The van der Waals surface area contributed by atoms with Gasteiger partial charge in [-0.1, -0.05) is 25.4 Å². The second-order valence-corrected chi connectivity index (χ2v) is 13.6. The number of ether oxygens (including phenoxy) is 2. The Hall–Kier alpha value is -3.36. The van der Waals surface area contributed by atoms with Crippen LogP contribution >= 0.6 is 11.6 Å². The summed E-state index contributed by atoms with van der Waals surface area (Å²) in [6, 6.07) is 9.60. The van der Waals surface area contributed by atoms with Crippen LogP contribution in [0.1, 0.15) is 70.4 Å². The smallest absolute Gasteiger partial charge is 0.337 e. The minimum atomic E-state index is -1.15. The van der Waals surface area contributed by atoms with E-state index < -0.39 is 17.7 Å². The molecule has 1 aromatic carbocycles. The van der Waals surface area contributed by atoms with Crippen molar-refractivity contribution < 1.29 is 19.4 Å². The molecule has 8 nitrogen and oxygen atoms in total. The topological polar surface area (TPSA) is 88.0 Å². The van der Waals surface area contributed by atoms with Crippen LogP contribution in [0.5, 0.6) is 5.75 Å². The number of hydrogen-bond acceptors (Lipinski definition) is 7. The van der Waals surface area contributed by atoms with Gasteiger partial charge in [0.1, 0.15) is 18.2 Å². The highest BCUT2D eigenvalue weighted by Gasteiger charge is 2.35. The van der Waals surface area contributed by atoms with Crippen LogP contribution in [0.25, 0.3) is 11.1 Å². The molecule has 0 radical (unpaired) electrons. The highest BCUT2D eigenvalue weighted by atomic mass is 35.5. The zero-order chi connectivity index (χ0) is 31.5. The van der Waals surface area contributed by atoms with Gasteiger partial charge in [-0.2, -0.15) is 0 Å². The summed E-state index contributed by atoms with van der Waals surface area (Å²) in [5, 5.41) is 11.0. The van der Waals surface area contributed by atoms with E-state index in [1.807, 2.05) is 89.3 Å². The van der Waals surface area contributed by atoms with Crippen molar-refractivity contribution in [2.24, 2.45) is 5.41 Å². The SMILES string of the molecule is Cc1cc(Cl)ccc1OCCN(C)c1ccc(-c2cnc(C)c([C@H](OC(C)(C)C)C(=O)O)c2N2CCC(C)(C)CC2)cn1. The number of likely N-dealkylation sites (N-methyl/N-ethyl adjacent to an activating group) is 1. The maximum atomic E-state index is 12.6. The average Bonchev–Trinajstić information content (AvgIpc) is 2.92. The maximum absolute atomic E-state index is 12.6. The second kappa shape index (κ2) is 13.1. The monoisotopic (exact) mass is 608 g/mol. The predicted octanol–water partition coefficient (Wildman–Crippen LogP) is 7.50. The number of anilines is 2. The van der Waals surface area contributed by atoms with E-state index >= 15 is 0 Å². The molecule has 43 heavy (non-hydrogen) atoms. The van der Waals surface area contributed by atoms with E-state index in [1.165, 1.54) is 0 Å². The van der Waals surface area contributed by atoms with E-state index in [0.717, 1.165) is 59.9 Å². The molecule has 0 amide bonds. The Labute approximate surface area is 261 Å². The molecular weight excluding hydrogens is 564 g/mol. The van der Waals surface area contributed by atoms with Gasteiger partial charge >= 0.3 is 5.97 Å².